The van der Waals surface area contributed by atoms with E-state index in [-0.39, 0.29) is 11.3 Å². The number of hydrogen-bond acceptors (Lipinski definition) is 4. The van der Waals surface area contributed by atoms with Crippen molar-refractivity contribution in [3.05, 3.63) is 72.5 Å². The largest absolute Gasteiger partial charge is 0.344 e. The molecule has 0 saturated heterocycles. The summed E-state index contributed by atoms with van der Waals surface area (Å²) < 4.78 is 2.52. The Morgan fingerprint density at radius 2 is 1.73 bits per heavy atom. The number of carbonyl (C=O) groups excluding carboxylic acids is 1. The highest BCUT2D eigenvalue weighted by Gasteiger charge is 2.38. The van der Waals surface area contributed by atoms with Gasteiger partial charge >= 0.3 is 5.69 Å². The topological polar surface area (TPSA) is 73.1 Å². The van der Waals surface area contributed by atoms with Crippen molar-refractivity contribution < 1.29 is 4.79 Å². The fourth-order valence-corrected chi connectivity index (χ4v) is 4.01. The van der Waals surface area contributed by atoms with E-state index in [1.165, 1.54) is 11.6 Å². The van der Waals surface area contributed by atoms with E-state index in [1.54, 1.807) is 19.2 Å². The van der Waals surface area contributed by atoms with Crippen molar-refractivity contribution in [3.8, 4) is 0 Å². The number of nitrogens with zero attached hydrogens (tertiary/aromatic N) is 2. The molecule has 1 aliphatic heterocycles. The first-order valence-corrected chi connectivity index (χ1v) is 8.86. The predicted molar refractivity (Wildman–Crippen MR) is 99.7 cm³/mol. The van der Waals surface area contributed by atoms with Crippen molar-refractivity contribution in [1.29, 1.82) is 0 Å². The van der Waals surface area contributed by atoms with Gasteiger partial charge < -0.3 is 5.32 Å². The number of allylic oxidation sites excluding steroid dienone is 2. The van der Waals surface area contributed by atoms with E-state index in [1.807, 2.05) is 12.1 Å². The highest BCUT2D eigenvalue weighted by molar-refractivity contribution is 6.30. The molecule has 0 fully saturated rings. The number of halogens is 1. The van der Waals surface area contributed by atoms with Gasteiger partial charge in [-0.05, 0) is 30.5 Å². The van der Waals surface area contributed by atoms with Gasteiger partial charge in [0.15, 0.2) is 5.78 Å². The molecule has 1 aliphatic carbocycles. The quantitative estimate of drug-likeness (QED) is 0.834. The van der Waals surface area contributed by atoms with Crippen molar-refractivity contribution >= 4 is 23.2 Å². The molecule has 0 saturated carbocycles. The van der Waals surface area contributed by atoms with E-state index < -0.39 is 11.6 Å². The monoisotopic (exact) mass is 371 g/mol. The van der Waals surface area contributed by atoms with E-state index >= 15 is 0 Å². The average molecular weight is 372 g/mol. The standard InChI is InChI=1S/C19H18ClN3O3/c1-22-17-16(18(25)23(2)19(22)26)14(10-6-8-11(20)9-7-10)15-12(21-17)4-3-5-13(15)24/h6-9,14,21H,3-5H2,1-2H3/t14-/m0/s1. The lowest BCUT2D eigenvalue weighted by atomic mass is 9.76. The number of aromatic nitrogens is 2. The third-order valence-corrected chi connectivity index (χ3v) is 5.46. The number of nitrogens with one attached hydrogen (secondary N) is 1. The summed E-state index contributed by atoms with van der Waals surface area (Å²) in [4.78, 5) is 38.1. The zero-order valence-electron chi connectivity index (χ0n) is 14.5. The van der Waals surface area contributed by atoms with Crippen LogP contribution in [0.5, 0.6) is 0 Å². The number of carbonyl (C=O) groups is 1. The van der Waals surface area contributed by atoms with Gasteiger partial charge in [-0.2, -0.15) is 0 Å². The highest BCUT2D eigenvalue weighted by atomic mass is 35.5. The second-order valence-electron chi connectivity index (χ2n) is 6.75. The van der Waals surface area contributed by atoms with Gasteiger partial charge in [-0.15, -0.1) is 0 Å². The van der Waals surface area contributed by atoms with Gasteiger partial charge in [0, 0.05) is 42.7 Å². The van der Waals surface area contributed by atoms with Gasteiger partial charge in [-0.3, -0.25) is 18.7 Å². The van der Waals surface area contributed by atoms with Crippen LogP contribution >= 0.6 is 11.6 Å². The van der Waals surface area contributed by atoms with E-state index in [9.17, 15) is 14.4 Å². The second kappa shape index (κ2) is 5.99. The molecule has 1 atom stereocenters. The molecule has 1 aromatic heterocycles. The maximum Gasteiger partial charge on any atom is 0.332 e. The molecule has 26 heavy (non-hydrogen) atoms. The number of fused-ring (bicyclic) bond motifs is 1. The van der Waals surface area contributed by atoms with Crippen molar-refractivity contribution in [2.24, 2.45) is 14.1 Å². The summed E-state index contributed by atoms with van der Waals surface area (Å²) >= 11 is 6.02. The van der Waals surface area contributed by atoms with E-state index in [0.717, 1.165) is 22.2 Å². The summed E-state index contributed by atoms with van der Waals surface area (Å²) in [5.41, 5.74) is 1.88. The van der Waals surface area contributed by atoms with Crippen LogP contribution in [0.1, 0.15) is 36.3 Å². The number of rotatable bonds is 1. The first-order chi connectivity index (χ1) is 12.4. The van der Waals surface area contributed by atoms with Crippen molar-refractivity contribution in [1.82, 2.24) is 9.13 Å². The lowest BCUT2D eigenvalue weighted by Gasteiger charge is -2.34. The van der Waals surface area contributed by atoms with E-state index in [2.05, 4.69) is 5.32 Å². The summed E-state index contributed by atoms with van der Waals surface area (Å²) in [6.07, 6.45) is 1.94. The van der Waals surface area contributed by atoms with E-state index in [0.29, 0.717) is 34.8 Å². The minimum atomic E-state index is -0.503. The van der Waals surface area contributed by atoms with Crippen LogP contribution in [0.25, 0.3) is 0 Å². The molecular weight excluding hydrogens is 354 g/mol. The van der Waals surface area contributed by atoms with Gasteiger partial charge in [0.2, 0.25) is 0 Å². The smallest absolute Gasteiger partial charge is 0.332 e. The first kappa shape index (κ1) is 16.8. The summed E-state index contributed by atoms with van der Waals surface area (Å²) in [5, 5.41) is 3.78. The molecule has 0 amide bonds. The molecule has 0 spiro atoms. The summed E-state index contributed by atoms with van der Waals surface area (Å²) in [6, 6.07) is 7.16. The third-order valence-electron chi connectivity index (χ3n) is 5.21. The number of ketones is 1. The lowest BCUT2D eigenvalue weighted by Crippen LogP contribution is -2.44. The van der Waals surface area contributed by atoms with E-state index in [4.69, 9.17) is 11.6 Å². The number of hydrogen-bond donors (Lipinski definition) is 1. The predicted octanol–water partition coefficient (Wildman–Crippen LogP) is 2.30. The Hall–Kier alpha value is -2.60. The maximum absolute atomic E-state index is 13.0. The summed E-state index contributed by atoms with van der Waals surface area (Å²) in [6.45, 7) is 0. The molecule has 134 valence electrons. The highest BCUT2D eigenvalue weighted by Crippen LogP contribution is 2.43. The third kappa shape index (κ3) is 2.36. The Morgan fingerprint density at radius 1 is 1.04 bits per heavy atom. The fraction of sp³-hybridized carbons (Fsp3) is 0.316. The zero-order valence-corrected chi connectivity index (χ0v) is 15.3. The van der Waals surface area contributed by atoms with Crippen LogP contribution in [0.4, 0.5) is 5.82 Å². The van der Waals surface area contributed by atoms with Crippen LogP contribution in [-0.2, 0) is 18.9 Å². The molecule has 0 unspecified atom stereocenters. The molecule has 4 rings (SSSR count). The van der Waals surface area contributed by atoms with Crippen molar-refractivity contribution in [2.45, 2.75) is 25.2 Å². The van der Waals surface area contributed by atoms with Crippen LogP contribution < -0.4 is 16.6 Å². The Morgan fingerprint density at radius 3 is 2.42 bits per heavy atom. The summed E-state index contributed by atoms with van der Waals surface area (Å²) in [7, 11) is 3.08. The minimum Gasteiger partial charge on any atom is -0.344 e. The molecule has 0 radical (unpaired) electrons. The lowest BCUT2D eigenvalue weighted by molar-refractivity contribution is -0.116. The zero-order chi connectivity index (χ0) is 18.6. The van der Waals surface area contributed by atoms with Gasteiger partial charge in [0.05, 0.1) is 5.56 Å². The SMILES string of the molecule is Cn1c2c(c(=O)n(C)c1=O)[C@@H](c1ccc(Cl)cc1)C1=C(CCCC1=O)N2. The molecule has 6 nitrogen and oxygen atoms in total. The average Bonchev–Trinajstić information content (AvgIpc) is 2.64. The Bertz CT molecular complexity index is 1080. The molecule has 0 bridgehead atoms. The van der Waals surface area contributed by atoms with Crippen LogP contribution in [0.15, 0.2) is 45.1 Å². The Kier molecular flexibility index (Phi) is 3.88. The summed E-state index contributed by atoms with van der Waals surface area (Å²) in [5.74, 6) is 0.00331. The molecule has 2 aliphatic rings. The number of Topliss-reactive ketones (excluding diaryl/α,β-unsaturated/α-hetero) is 1. The molecule has 2 aromatic rings. The Balaban J connectivity index is 2.08. The van der Waals surface area contributed by atoms with Gasteiger partial charge in [0.1, 0.15) is 5.82 Å². The normalized spacial score (nSPS) is 19.0. The van der Waals surface area contributed by atoms with Gasteiger partial charge in [0.25, 0.3) is 5.56 Å². The Labute approximate surface area is 154 Å². The van der Waals surface area contributed by atoms with Crippen LogP contribution in [0.2, 0.25) is 5.02 Å². The fourth-order valence-electron chi connectivity index (χ4n) is 3.89. The number of benzene rings is 1. The maximum atomic E-state index is 13.0. The van der Waals surface area contributed by atoms with Crippen LogP contribution in [-0.4, -0.2) is 14.9 Å². The second-order valence-corrected chi connectivity index (χ2v) is 7.18. The minimum absolute atomic E-state index is 0.0419. The van der Waals surface area contributed by atoms with Crippen LogP contribution in [0, 0.1) is 0 Å². The van der Waals surface area contributed by atoms with Crippen molar-refractivity contribution in [2.75, 3.05) is 5.32 Å². The van der Waals surface area contributed by atoms with Gasteiger partial charge in [-0.25, -0.2) is 4.79 Å². The molecule has 1 aromatic carbocycles. The van der Waals surface area contributed by atoms with Gasteiger partial charge in [-0.1, -0.05) is 23.7 Å². The number of anilines is 1. The molecule has 7 heteroatoms. The van der Waals surface area contributed by atoms with Crippen LogP contribution in [0.3, 0.4) is 0 Å². The first-order valence-electron chi connectivity index (χ1n) is 8.48. The molecule has 1 N–H and O–H groups in total. The van der Waals surface area contributed by atoms with Crippen molar-refractivity contribution in [3.63, 3.8) is 0 Å². The molecular formula is C19H18ClN3O3. The molecule has 2 heterocycles.